The SMILES string of the molecule is C[C@]12C[C@H](c3ccc(/C=C/c4ccncc4)cc3)C3=C4CCC(=O)C=C4CC[C@H]3[C@@H]1CC[C@@]2(O)C(F)(F)C(F)(F)F. The van der Waals surface area contributed by atoms with E-state index >= 15 is 8.78 Å². The maximum absolute atomic E-state index is 15.1. The van der Waals surface area contributed by atoms with Crippen LogP contribution in [0.5, 0.6) is 0 Å². The van der Waals surface area contributed by atoms with Gasteiger partial charge in [-0.3, -0.25) is 9.78 Å². The monoisotopic (exact) mass is 569 g/mol. The smallest absolute Gasteiger partial charge is 0.383 e. The number of benzene rings is 1. The van der Waals surface area contributed by atoms with Gasteiger partial charge in [0.1, 0.15) is 5.60 Å². The number of pyridine rings is 1. The second kappa shape index (κ2) is 9.72. The fourth-order valence-electron chi connectivity index (χ4n) is 8.22. The van der Waals surface area contributed by atoms with Crippen LogP contribution >= 0.6 is 0 Å². The molecule has 6 rings (SSSR count). The third-order valence-corrected chi connectivity index (χ3v) is 10.3. The van der Waals surface area contributed by atoms with E-state index < -0.39 is 41.4 Å². The number of rotatable bonds is 4. The number of halogens is 5. The molecule has 0 aliphatic heterocycles. The highest BCUT2D eigenvalue weighted by Gasteiger charge is 2.79. The molecule has 4 aliphatic rings. The molecule has 0 amide bonds. The molecule has 0 spiro atoms. The Morgan fingerprint density at radius 3 is 2.24 bits per heavy atom. The van der Waals surface area contributed by atoms with Crippen LogP contribution < -0.4 is 0 Å². The number of aliphatic hydroxyl groups is 1. The minimum Gasteiger partial charge on any atom is -0.383 e. The molecule has 41 heavy (non-hydrogen) atoms. The molecule has 0 saturated heterocycles. The van der Waals surface area contributed by atoms with Crippen molar-refractivity contribution in [3.63, 3.8) is 0 Å². The molecule has 2 fully saturated rings. The van der Waals surface area contributed by atoms with E-state index in [0.717, 1.165) is 33.4 Å². The first-order valence-corrected chi connectivity index (χ1v) is 14.2. The summed E-state index contributed by atoms with van der Waals surface area (Å²) in [6.45, 7) is 1.44. The minimum absolute atomic E-state index is 0.0252. The highest BCUT2D eigenvalue weighted by Crippen LogP contribution is 2.70. The van der Waals surface area contributed by atoms with Gasteiger partial charge in [0, 0.05) is 30.1 Å². The predicted octanol–water partition coefficient (Wildman–Crippen LogP) is 8.08. The minimum atomic E-state index is -5.86. The summed E-state index contributed by atoms with van der Waals surface area (Å²) >= 11 is 0. The number of ketones is 1. The number of hydrogen-bond acceptors (Lipinski definition) is 3. The Kier molecular flexibility index (Phi) is 6.64. The zero-order valence-corrected chi connectivity index (χ0v) is 22.7. The molecule has 1 N–H and O–H groups in total. The van der Waals surface area contributed by atoms with E-state index in [-0.39, 0.29) is 24.5 Å². The van der Waals surface area contributed by atoms with Gasteiger partial charge in [-0.05, 0) is 96.4 Å². The zero-order valence-electron chi connectivity index (χ0n) is 22.7. The Hall–Kier alpha value is -3.13. The summed E-state index contributed by atoms with van der Waals surface area (Å²) in [5, 5.41) is 11.4. The quantitative estimate of drug-likeness (QED) is 0.379. The van der Waals surface area contributed by atoms with E-state index in [0.29, 0.717) is 25.7 Å². The second-order valence-corrected chi connectivity index (χ2v) is 12.2. The molecule has 1 aromatic heterocycles. The van der Waals surface area contributed by atoms with Gasteiger partial charge in [0.25, 0.3) is 0 Å². The summed E-state index contributed by atoms with van der Waals surface area (Å²) in [5.74, 6) is -6.37. The van der Waals surface area contributed by atoms with Crippen molar-refractivity contribution in [2.45, 2.75) is 75.5 Å². The van der Waals surface area contributed by atoms with E-state index in [4.69, 9.17) is 0 Å². The molecule has 216 valence electrons. The standard InChI is InChI=1S/C33H32F5NO2/c1-30-19-27(22-6-4-20(5-7-22)2-3-21-13-16-39-17-14-21)29-25-11-9-24(40)18-23(25)8-10-26(29)28(30)12-15-31(30,41)32(34,35)33(36,37)38/h2-7,13-14,16-18,26-28,41H,8-12,15,19H2,1H3/b3-2+/t26-,27+,28-,30-,31-/m0/s1. The summed E-state index contributed by atoms with van der Waals surface area (Å²) in [7, 11) is 0. The maximum atomic E-state index is 15.1. The maximum Gasteiger partial charge on any atom is 0.456 e. The number of nitrogens with zero attached hydrogens (tertiary/aromatic N) is 1. The number of fused-ring (bicyclic) bond motifs is 4. The summed E-state index contributed by atoms with van der Waals surface area (Å²) < 4.78 is 71.5. The van der Waals surface area contributed by atoms with E-state index in [9.17, 15) is 23.1 Å². The Balaban J connectivity index is 1.44. The van der Waals surface area contributed by atoms with Crippen molar-refractivity contribution in [3.05, 3.63) is 88.3 Å². The van der Waals surface area contributed by atoms with Crippen molar-refractivity contribution in [1.29, 1.82) is 0 Å². The van der Waals surface area contributed by atoms with Crippen LogP contribution in [-0.4, -0.2) is 33.6 Å². The van der Waals surface area contributed by atoms with Crippen LogP contribution in [0.3, 0.4) is 0 Å². The Bertz CT molecular complexity index is 1440. The molecule has 2 saturated carbocycles. The number of alkyl halides is 5. The highest BCUT2D eigenvalue weighted by molar-refractivity contribution is 5.93. The third kappa shape index (κ3) is 4.32. The normalized spacial score (nSPS) is 32.0. The summed E-state index contributed by atoms with van der Waals surface area (Å²) in [5.41, 5.74) is 0.940. The molecule has 8 heteroatoms. The fourth-order valence-corrected chi connectivity index (χ4v) is 8.22. The topological polar surface area (TPSA) is 50.2 Å². The van der Waals surface area contributed by atoms with Gasteiger partial charge >= 0.3 is 12.1 Å². The van der Waals surface area contributed by atoms with Gasteiger partial charge in [-0.2, -0.15) is 22.0 Å². The van der Waals surface area contributed by atoms with Gasteiger partial charge in [0.2, 0.25) is 0 Å². The number of carbonyl (C=O) groups is 1. The van der Waals surface area contributed by atoms with E-state index in [1.54, 1.807) is 18.5 Å². The van der Waals surface area contributed by atoms with Crippen LogP contribution in [0.25, 0.3) is 12.2 Å². The Morgan fingerprint density at radius 1 is 0.927 bits per heavy atom. The van der Waals surface area contributed by atoms with Crippen LogP contribution in [0.4, 0.5) is 22.0 Å². The van der Waals surface area contributed by atoms with Gasteiger partial charge in [-0.25, -0.2) is 0 Å². The lowest BCUT2D eigenvalue weighted by Gasteiger charge is -2.56. The molecular weight excluding hydrogens is 537 g/mol. The molecule has 0 radical (unpaired) electrons. The summed E-state index contributed by atoms with van der Waals surface area (Å²) in [6, 6.07) is 11.4. The first kappa shape index (κ1) is 28.0. The predicted molar refractivity (Wildman–Crippen MR) is 146 cm³/mol. The lowest BCUT2D eigenvalue weighted by atomic mass is 9.50. The number of carbonyl (C=O) groups excluding carboxylic acids is 1. The van der Waals surface area contributed by atoms with Crippen LogP contribution in [0, 0.1) is 17.3 Å². The molecular formula is C33H32F5NO2. The first-order chi connectivity index (χ1) is 19.4. The number of allylic oxidation sites excluding steroid dienone is 4. The molecule has 2 aromatic rings. The molecule has 0 bridgehead atoms. The van der Waals surface area contributed by atoms with Crippen LogP contribution in [-0.2, 0) is 4.79 Å². The van der Waals surface area contributed by atoms with Gasteiger partial charge in [0.15, 0.2) is 5.78 Å². The summed E-state index contributed by atoms with van der Waals surface area (Å²) in [6.07, 6.45) is 4.63. The summed E-state index contributed by atoms with van der Waals surface area (Å²) in [4.78, 5) is 16.2. The third-order valence-electron chi connectivity index (χ3n) is 10.3. The average Bonchev–Trinajstić information content (AvgIpc) is 3.23. The van der Waals surface area contributed by atoms with Gasteiger partial charge in [-0.1, -0.05) is 48.9 Å². The van der Waals surface area contributed by atoms with Crippen LogP contribution in [0.15, 0.2) is 71.6 Å². The molecule has 1 aromatic carbocycles. The van der Waals surface area contributed by atoms with Crippen LogP contribution in [0.1, 0.15) is 74.5 Å². The van der Waals surface area contributed by atoms with Crippen LogP contribution in [0.2, 0.25) is 0 Å². The van der Waals surface area contributed by atoms with E-state index in [2.05, 4.69) is 4.98 Å². The second-order valence-electron chi connectivity index (χ2n) is 12.2. The average molecular weight is 570 g/mol. The van der Waals surface area contributed by atoms with E-state index in [1.807, 2.05) is 48.6 Å². The number of aromatic nitrogens is 1. The lowest BCUT2D eigenvalue weighted by molar-refractivity contribution is -0.362. The largest absolute Gasteiger partial charge is 0.456 e. The Labute approximate surface area is 235 Å². The van der Waals surface area contributed by atoms with Crippen molar-refractivity contribution in [3.8, 4) is 0 Å². The van der Waals surface area contributed by atoms with E-state index in [1.165, 1.54) is 6.92 Å². The fraction of sp³-hybridized carbons (Fsp3) is 0.455. The van der Waals surface area contributed by atoms with Crippen molar-refractivity contribution >= 4 is 17.9 Å². The number of hydrogen-bond donors (Lipinski definition) is 1. The molecule has 1 heterocycles. The van der Waals surface area contributed by atoms with Gasteiger partial charge in [-0.15, -0.1) is 0 Å². The van der Waals surface area contributed by atoms with Crippen molar-refractivity contribution < 1.29 is 31.9 Å². The molecule has 5 atom stereocenters. The molecule has 3 nitrogen and oxygen atoms in total. The van der Waals surface area contributed by atoms with Crippen molar-refractivity contribution in [1.82, 2.24) is 4.98 Å². The van der Waals surface area contributed by atoms with Gasteiger partial charge in [0.05, 0.1) is 0 Å². The molecule has 0 unspecified atom stereocenters. The Morgan fingerprint density at radius 2 is 1.59 bits per heavy atom. The van der Waals surface area contributed by atoms with Crippen molar-refractivity contribution in [2.24, 2.45) is 17.3 Å². The first-order valence-electron chi connectivity index (χ1n) is 14.2. The zero-order chi connectivity index (χ0) is 29.2. The van der Waals surface area contributed by atoms with Gasteiger partial charge < -0.3 is 5.11 Å². The lowest BCUT2D eigenvalue weighted by Crippen LogP contribution is -2.65. The molecule has 4 aliphatic carbocycles. The highest BCUT2D eigenvalue weighted by atomic mass is 19.4. The van der Waals surface area contributed by atoms with Crippen molar-refractivity contribution in [2.75, 3.05) is 0 Å².